The van der Waals surface area contributed by atoms with E-state index in [1.807, 2.05) is 47.4 Å². The van der Waals surface area contributed by atoms with Crippen LogP contribution in [0.1, 0.15) is 10.4 Å². The Morgan fingerprint density at radius 1 is 0.964 bits per heavy atom. The quantitative estimate of drug-likeness (QED) is 0.865. The molecule has 5 nitrogen and oxygen atoms in total. The number of ether oxygens (including phenoxy) is 1. The van der Waals surface area contributed by atoms with Crippen molar-refractivity contribution in [3.63, 3.8) is 0 Å². The fourth-order valence-electron chi connectivity index (χ4n) is 4.28. The molecular weight excluding hydrogens is 352 g/mol. The van der Waals surface area contributed by atoms with Gasteiger partial charge in [0.1, 0.15) is 0 Å². The molecule has 0 radical (unpaired) electrons. The summed E-state index contributed by atoms with van der Waals surface area (Å²) in [5.41, 5.74) is 2.87. The van der Waals surface area contributed by atoms with Crippen molar-refractivity contribution >= 4 is 5.91 Å². The molecule has 0 saturated carbocycles. The molecule has 2 aromatic rings. The highest BCUT2D eigenvalue weighted by molar-refractivity contribution is 5.95. The molecule has 0 bridgehead atoms. The minimum absolute atomic E-state index is 0.0562. The highest BCUT2D eigenvalue weighted by Crippen LogP contribution is 2.27. The molecule has 28 heavy (non-hydrogen) atoms. The topological polar surface area (TPSA) is 53.0 Å². The smallest absolute Gasteiger partial charge is 0.253 e. The standard InChI is InChI=1S/C23H28N2O3/c26-17-22-16-25(15-21(22)14-24-9-11-28-12-10-24)23(27)20-8-4-7-19(13-20)18-5-2-1-3-6-18/h1-8,13,21-22,26H,9-12,14-17H2/t21-,22-/m0/s1. The number of morpholine rings is 1. The summed E-state index contributed by atoms with van der Waals surface area (Å²) < 4.78 is 5.43. The highest BCUT2D eigenvalue weighted by Gasteiger charge is 2.36. The van der Waals surface area contributed by atoms with Crippen molar-refractivity contribution in [1.29, 1.82) is 0 Å². The summed E-state index contributed by atoms with van der Waals surface area (Å²) in [4.78, 5) is 17.4. The second kappa shape index (κ2) is 8.86. The fourth-order valence-corrected chi connectivity index (χ4v) is 4.28. The third kappa shape index (κ3) is 4.27. The number of aliphatic hydroxyl groups is 1. The third-order valence-electron chi connectivity index (χ3n) is 5.91. The first-order valence-corrected chi connectivity index (χ1v) is 10.1. The first-order valence-electron chi connectivity index (χ1n) is 10.1. The lowest BCUT2D eigenvalue weighted by molar-refractivity contribution is 0.0264. The number of benzene rings is 2. The first-order chi connectivity index (χ1) is 13.7. The molecule has 148 valence electrons. The molecule has 5 heteroatoms. The number of hydrogen-bond acceptors (Lipinski definition) is 4. The van der Waals surface area contributed by atoms with Crippen LogP contribution in [0.15, 0.2) is 54.6 Å². The molecule has 2 heterocycles. The number of rotatable bonds is 5. The van der Waals surface area contributed by atoms with Crippen LogP contribution < -0.4 is 0 Å². The normalized spacial score (nSPS) is 23.1. The number of carbonyl (C=O) groups excluding carboxylic acids is 1. The Morgan fingerprint density at radius 2 is 1.68 bits per heavy atom. The molecule has 2 atom stereocenters. The van der Waals surface area contributed by atoms with Gasteiger partial charge >= 0.3 is 0 Å². The second-order valence-corrected chi connectivity index (χ2v) is 7.77. The van der Waals surface area contributed by atoms with Crippen molar-refractivity contribution in [3.8, 4) is 11.1 Å². The third-order valence-corrected chi connectivity index (χ3v) is 5.91. The number of aliphatic hydroxyl groups excluding tert-OH is 1. The van der Waals surface area contributed by atoms with E-state index in [4.69, 9.17) is 4.74 Å². The number of hydrogen-bond donors (Lipinski definition) is 1. The summed E-state index contributed by atoms with van der Waals surface area (Å²) in [5, 5.41) is 9.85. The lowest BCUT2D eigenvalue weighted by Gasteiger charge is -2.30. The van der Waals surface area contributed by atoms with Gasteiger partial charge in [0.05, 0.1) is 13.2 Å². The Kier molecular flexibility index (Phi) is 6.05. The second-order valence-electron chi connectivity index (χ2n) is 7.77. The molecule has 1 N–H and O–H groups in total. The van der Waals surface area contributed by atoms with Crippen molar-refractivity contribution in [3.05, 3.63) is 60.2 Å². The van der Waals surface area contributed by atoms with Crippen LogP contribution in [0.4, 0.5) is 0 Å². The summed E-state index contributed by atoms with van der Waals surface area (Å²) in [6.45, 7) is 5.78. The highest BCUT2D eigenvalue weighted by atomic mass is 16.5. The summed E-state index contributed by atoms with van der Waals surface area (Å²) in [5.74, 6) is 0.508. The van der Waals surface area contributed by atoms with E-state index in [1.165, 1.54) is 0 Å². The van der Waals surface area contributed by atoms with Crippen LogP contribution in [0.5, 0.6) is 0 Å². The lowest BCUT2D eigenvalue weighted by atomic mass is 9.96. The van der Waals surface area contributed by atoms with Crippen LogP contribution in [-0.4, -0.2) is 73.4 Å². The van der Waals surface area contributed by atoms with Crippen LogP contribution in [0, 0.1) is 11.8 Å². The van der Waals surface area contributed by atoms with Gasteiger partial charge in [0, 0.05) is 50.8 Å². The van der Waals surface area contributed by atoms with Gasteiger partial charge in [0.15, 0.2) is 0 Å². The van der Waals surface area contributed by atoms with E-state index in [0.29, 0.717) is 24.6 Å². The van der Waals surface area contributed by atoms with E-state index < -0.39 is 0 Å². The molecule has 4 rings (SSSR count). The Hall–Kier alpha value is -2.21. The van der Waals surface area contributed by atoms with E-state index in [0.717, 1.165) is 44.0 Å². The van der Waals surface area contributed by atoms with Crippen molar-refractivity contribution in [2.45, 2.75) is 0 Å². The van der Waals surface area contributed by atoms with Gasteiger partial charge < -0.3 is 14.7 Å². The van der Waals surface area contributed by atoms with Gasteiger partial charge in [-0.05, 0) is 29.2 Å². The van der Waals surface area contributed by atoms with Crippen LogP contribution in [0.2, 0.25) is 0 Å². The van der Waals surface area contributed by atoms with E-state index in [1.54, 1.807) is 0 Å². The maximum atomic E-state index is 13.1. The van der Waals surface area contributed by atoms with E-state index in [2.05, 4.69) is 17.0 Å². The average molecular weight is 380 g/mol. The summed E-state index contributed by atoms with van der Waals surface area (Å²) >= 11 is 0. The van der Waals surface area contributed by atoms with Gasteiger partial charge in [-0.15, -0.1) is 0 Å². The van der Waals surface area contributed by atoms with Crippen molar-refractivity contribution in [2.24, 2.45) is 11.8 Å². The summed E-state index contributed by atoms with van der Waals surface area (Å²) in [6.07, 6.45) is 0. The monoisotopic (exact) mass is 380 g/mol. The zero-order valence-electron chi connectivity index (χ0n) is 16.2. The maximum Gasteiger partial charge on any atom is 0.253 e. The Labute approximate surface area is 166 Å². The molecule has 1 amide bonds. The zero-order valence-corrected chi connectivity index (χ0v) is 16.2. The van der Waals surface area contributed by atoms with Gasteiger partial charge in [0.25, 0.3) is 5.91 Å². The van der Waals surface area contributed by atoms with Gasteiger partial charge in [0.2, 0.25) is 0 Å². The summed E-state index contributed by atoms with van der Waals surface area (Å²) in [6, 6.07) is 18.0. The summed E-state index contributed by atoms with van der Waals surface area (Å²) in [7, 11) is 0. The van der Waals surface area contributed by atoms with Crippen molar-refractivity contribution in [1.82, 2.24) is 9.80 Å². The largest absolute Gasteiger partial charge is 0.396 e. The Bertz CT molecular complexity index is 789. The molecule has 2 aliphatic heterocycles. The molecular formula is C23H28N2O3. The average Bonchev–Trinajstić information content (AvgIpc) is 3.17. The number of amides is 1. The number of nitrogens with zero attached hydrogens (tertiary/aromatic N) is 2. The fraction of sp³-hybridized carbons (Fsp3) is 0.435. The van der Waals surface area contributed by atoms with Crippen molar-refractivity contribution < 1.29 is 14.6 Å². The molecule has 0 spiro atoms. The molecule has 0 aromatic heterocycles. The SMILES string of the molecule is O=C(c1cccc(-c2ccccc2)c1)N1C[C@@H](CO)[C@@H](CN2CCOCC2)C1. The van der Waals surface area contributed by atoms with Gasteiger partial charge in [-0.1, -0.05) is 42.5 Å². The maximum absolute atomic E-state index is 13.1. The van der Waals surface area contributed by atoms with E-state index in [9.17, 15) is 9.90 Å². The van der Waals surface area contributed by atoms with Crippen LogP contribution in [0.3, 0.4) is 0 Å². The zero-order chi connectivity index (χ0) is 19.3. The van der Waals surface area contributed by atoms with Gasteiger partial charge in [-0.3, -0.25) is 9.69 Å². The predicted octanol–water partition coefficient (Wildman–Crippen LogP) is 2.37. The van der Waals surface area contributed by atoms with E-state index in [-0.39, 0.29) is 18.4 Å². The van der Waals surface area contributed by atoms with Crippen LogP contribution >= 0.6 is 0 Å². The molecule has 2 aromatic carbocycles. The minimum Gasteiger partial charge on any atom is -0.396 e. The van der Waals surface area contributed by atoms with E-state index >= 15 is 0 Å². The van der Waals surface area contributed by atoms with Crippen molar-refractivity contribution in [2.75, 3.05) is 52.5 Å². The molecule has 0 unspecified atom stereocenters. The Balaban J connectivity index is 1.46. The molecule has 2 saturated heterocycles. The number of likely N-dealkylation sites (tertiary alicyclic amines) is 1. The Morgan fingerprint density at radius 3 is 2.43 bits per heavy atom. The predicted molar refractivity (Wildman–Crippen MR) is 109 cm³/mol. The van der Waals surface area contributed by atoms with Gasteiger partial charge in [-0.25, -0.2) is 0 Å². The molecule has 2 aliphatic rings. The number of carbonyl (C=O) groups is 1. The van der Waals surface area contributed by atoms with Gasteiger partial charge in [-0.2, -0.15) is 0 Å². The molecule has 0 aliphatic carbocycles. The van der Waals surface area contributed by atoms with Crippen LogP contribution in [-0.2, 0) is 4.74 Å². The minimum atomic E-state index is 0.0562. The lowest BCUT2D eigenvalue weighted by Crippen LogP contribution is -2.41. The first kappa shape index (κ1) is 19.1. The molecule has 2 fully saturated rings. The van der Waals surface area contributed by atoms with Crippen LogP contribution in [0.25, 0.3) is 11.1 Å².